The number of alkyl halides is 3. The summed E-state index contributed by atoms with van der Waals surface area (Å²) in [6, 6.07) is 0. The number of rotatable bonds is 3. The summed E-state index contributed by atoms with van der Waals surface area (Å²) in [5.41, 5.74) is -5.48. The van der Waals surface area contributed by atoms with Crippen LogP contribution in [0.1, 0.15) is 13.3 Å². The molecule has 1 rings (SSSR count). The van der Waals surface area contributed by atoms with Crippen LogP contribution in [0.15, 0.2) is 0 Å². The fourth-order valence-electron chi connectivity index (χ4n) is 1.58. The molecule has 0 bridgehead atoms. The number of likely N-dealkylation sites (tertiary alicyclic amines) is 1. The fraction of sp³-hybridized carbons (Fsp3) is 0.778. The summed E-state index contributed by atoms with van der Waals surface area (Å²) >= 11 is -0.402. The summed E-state index contributed by atoms with van der Waals surface area (Å²) in [5.74, 6) is -2.40. The standard InChI is InChI=1S/C9H12F3NO3S/c1-8(7(15)16)2-3-13(5-8)6(14)4-17-9(10,11)12/h2-5H2,1H3,(H,15,16). The lowest BCUT2D eigenvalue weighted by atomic mass is 9.90. The van der Waals surface area contributed by atoms with Crippen molar-refractivity contribution in [3.63, 3.8) is 0 Å². The van der Waals surface area contributed by atoms with E-state index in [1.807, 2.05) is 0 Å². The van der Waals surface area contributed by atoms with Gasteiger partial charge in [-0.05, 0) is 25.1 Å². The van der Waals surface area contributed by atoms with Gasteiger partial charge < -0.3 is 10.0 Å². The molecule has 0 aliphatic carbocycles. The molecule has 1 aliphatic heterocycles. The average molecular weight is 271 g/mol. The molecule has 0 spiro atoms. The van der Waals surface area contributed by atoms with Gasteiger partial charge in [-0.1, -0.05) is 0 Å². The van der Waals surface area contributed by atoms with E-state index in [0.29, 0.717) is 0 Å². The maximum absolute atomic E-state index is 11.9. The summed E-state index contributed by atoms with van der Waals surface area (Å²) in [7, 11) is 0. The zero-order chi connectivity index (χ0) is 13.3. The molecular formula is C9H12F3NO3S. The van der Waals surface area contributed by atoms with Crippen LogP contribution in [0.4, 0.5) is 13.2 Å². The van der Waals surface area contributed by atoms with E-state index in [4.69, 9.17) is 5.11 Å². The second-order valence-electron chi connectivity index (χ2n) is 4.17. The van der Waals surface area contributed by atoms with E-state index >= 15 is 0 Å². The number of halogens is 3. The van der Waals surface area contributed by atoms with E-state index in [2.05, 4.69) is 0 Å². The molecule has 4 nitrogen and oxygen atoms in total. The molecule has 0 radical (unpaired) electrons. The van der Waals surface area contributed by atoms with E-state index < -0.39 is 40.3 Å². The van der Waals surface area contributed by atoms with Gasteiger partial charge in [0.2, 0.25) is 5.91 Å². The quantitative estimate of drug-likeness (QED) is 0.846. The Morgan fingerprint density at radius 3 is 2.47 bits per heavy atom. The molecule has 1 fully saturated rings. The Morgan fingerprint density at radius 2 is 2.06 bits per heavy atom. The molecule has 8 heteroatoms. The SMILES string of the molecule is CC1(C(=O)O)CCN(C(=O)CSC(F)(F)F)C1. The Balaban J connectivity index is 2.49. The van der Waals surface area contributed by atoms with Gasteiger partial charge in [0.25, 0.3) is 0 Å². The van der Waals surface area contributed by atoms with Crippen LogP contribution in [0.3, 0.4) is 0 Å². The average Bonchev–Trinajstić information content (AvgIpc) is 2.58. The minimum atomic E-state index is -4.44. The number of carboxylic acids is 1. The first-order chi connectivity index (χ1) is 7.64. The highest BCUT2D eigenvalue weighted by molar-refractivity contribution is 8.00. The number of aliphatic carboxylic acids is 1. The van der Waals surface area contributed by atoms with E-state index in [0.717, 1.165) is 0 Å². The highest BCUT2D eigenvalue weighted by atomic mass is 32.2. The monoisotopic (exact) mass is 271 g/mol. The van der Waals surface area contributed by atoms with Crippen molar-refractivity contribution in [2.45, 2.75) is 18.9 Å². The minimum absolute atomic E-state index is 0.0282. The molecule has 0 saturated carbocycles. The topological polar surface area (TPSA) is 57.6 Å². The highest BCUT2D eigenvalue weighted by Crippen LogP contribution is 2.33. The van der Waals surface area contributed by atoms with Crippen LogP contribution in [0.5, 0.6) is 0 Å². The van der Waals surface area contributed by atoms with Crippen LogP contribution in [-0.2, 0) is 9.59 Å². The van der Waals surface area contributed by atoms with Crippen LogP contribution >= 0.6 is 11.8 Å². The number of thioether (sulfide) groups is 1. The Morgan fingerprint density at radius 1 is 1.47 bits per heavy atom. The summed E-state index contributed by atoms with van der Waals surface area (Å²) in [5, 5.41) is 8.91. The Labute approximate surface area is 100 Å². The van der Waals surface area contributed by atoms with Crippen molar-refractivity contribution in [1.82, 2.24) is 4.90 Å². The van der Waals surface area contributed by atoms with Crippen LogP contribution in [0, 0.1) is 5.41 Å². The molecular weight excluding hydrogens is 259 g/mol. The fourth-order valence-corrected chi connectivity index (χ4v) is 2.05. The normalized spacial score (nSPS) is 25.1. The van der Waals surface area contributed by atoms with Crippen molar-refractivity contribution >= 4 is 23.6 Å². The van der Waals surface area contributed by atoms with Gasteiger partial charge >= 0.3 is 11.5 Å². The maximum Gasteiger partial charge on any atom is 0.442 e. The first-order valence-electron chi connectivity index (χ1n) is 4.86. The van der Waals surface area contributed by atoms with Gasteiger partial charge in [0.15, 0.2) is 0 Å². The van der Waals surface area contributed by atoms with Gasteiger partial charge in [-0.3, -0.25) is 9.59 Å². The van der Waals surface area contributed by atoms with Crippen LogP contribution in [0.2, 0.25) is 0 Å². The number of hydrogen-bond acceptors (Lipinski definition) is 3. The minimum Gasteiger partial charge on any atom is -0.481 e. The summed E-state index contributed by atoms with van der Waals surface area (Å²) in [4.78, 5) is 23.5. The molecule has 0 aromatic heterocycles. The van der Waals surface area contributed by atoms with Gasteiger partial charge in [0, 0.05) is 13.1 Å². The van der Waals surface area contributed by atoms with Crippen molar-refractivity contribution in [3.8, 4) is 0 Å². The largest absolute Gasteiger partial charge is 0.481 e. The number of nitrogens with zero attached hydrogens (tertiary/aromatic N) is 1. The number of carboxylic acid groups (broad SMARTS) is 1. The highest BCUT2D eigenvalue weighted by Gasteiger charge is 2.42. The molecule has 17 heavy (non-hydrogen) atoms. The molecule has 1 aliphatic rings. The van der Waals surface area contributed by atoms with Crippen molar-refractivity contribution < 1.29 is 27.9 Å². The first-order valence-corrected chi connectivity index (χ1v) is 5.84. The lowest BCUT2D eigenvalue weighted by molar-refractivity contribution is -0.147. The van der Waals surface area contributed by atoms with Gasteiger partial charge in [-0.25, -0.2) is 0 Å². The van der Waals surface area contributed by atoms with Crippen molar-refractivity contribution in [3.05, 3.63) is 0 Å². The molecule has 1 N–H and O–H groups in total. The number of hydrogen-bond donors (Lipinski definition) is 1. The predicted molar refractivity (Wildman–Crippen MR) is 55.5 cm³/mol. The van der Waals surface area contributed by atoms with Crippen molar-refractivity contribution in [2.75, 3.05) is 18.8 Å². The molecule has 1 amide bonds. The molecule has 1 saturated heterocycles. The smallest absolute Gasteiger partial charge is 0.442 e. The Bertz CT molecular complexity index is 334. The summed E-state index contributed by atoms with van der Waals surface area (Å²) in [6.45, 7) is 1.65. The van der Waals surface area contributed by atoms with Gasteiger partial charge in [-0.15, -0.1) is 0 Å². The lowest BCUT2D eigenvalue weighted by Crippen LogP contribution is -2.36. The first kappa shape index (κ1) is 14.1. The number of carbonyl (C=O) groups is 2. The third-order valence-electron chi connectivity index (χ3n) is 2.70. The van der Waals surface area contributed by atoms with E-state index in [1.165, 1.54) is 11.8 Å². The van der Waals surface area contributed by atoms with E-state index in [1.54, 1.807) is 0 Å². The molecule has 1 atom stereocenters. The third-order valence-corrected chi connectivity index (χ3v) is 3.42. The molecule has 98 valence electrons. The van der Waals surface area contributed by atoms with Gasteiger partial charge in [0.05, 0.1) is 11.2 Å². The second kappa shape index (κ2) is 4.75. The lowest BCUT2D eigenvalue weighted by Gasteiger charge is -2.20. The van der Waals surface area contributed by atoms with Gasteiger partial charge in [0.1, 0.15) is 0 Å². The summed E-state index contributed by atoms with van der Waals surface area (Å²) in [6.07, 6.45) is 0.269. The predicted octanol–water partition coefficient (Wildman–Crippen LogP) is 1.56. The number of amides is 1. The zero-order valence-electron chi connectivity index (χ0n) is 9.08. The maximum atomic E-state index is 11.9. The van der Waals surface area contributed by atoms with Crippen LogP contribution in [0.25, 0.3) is 0 Å². The van der Waals surface area contributed by atoms with E-state index in [9.17, 15) is 22.8 Å². The Kier molecular flexibility index (Phi) is 3.95. The molecule has 0 aromatic rings. The van der Waals surface area contributed by atoms with Gasteiger partial charge in [-0.2, -0.15) is 13.2 Å². The second-order valence-corrected chi connectivity index (χ2v) is 5.21. The molecule has 0 aromatic carbocycles. The molecule has 1 unspecified atom stereocenters. The van der Waals surface area contributed by atoms with Crippen molar-refractivity contribution in [2.24, 2.45) is 5.41 Å². The number of carbonyl (C=O) groups excluding carboxylic acids is 1. The summed E-state index contributed by atoms with van der Waals surface area (Å²) < 4.78 is 35.6. The zero-order valence-corrected chi connectivity index (χ0v) is 9.90. The molecule has 1 heterocycles. The third kappa shape index (κ3) is 3.79. The van der Waals surface area contributed by atoms with Crippen LogP contribution in [-0.4, -0.2) is 46.2 Å². The van der Waals surface area contributed by atoms with E-state index in [-0.39, 0.29) is 19.5 Å². The van der Waals surface area contributed by atoms with Crippen molar-refractivity contribution in [1.29, 1.82) is 0 Å². The van der Waals surface area contributed by atoms with Crippen LogP contribution < -0.4 is 0 Å². The Hall–Kier alpha value is -0.920.